The van der Waals surface area contributed by atoms with Crippen LogP contribution in [0.2, 0.25) is 10.0 Å². The van der Waals surface area contributed by atoms with E-state index < -0.39 is 0 Å². The Kier molecular flexibility index (Phi) is 7.44. The van der Waals surface area contributed by atoms with Crippen molar-refractivity contribution in [3.63, 3.8) is 0 Å². The van der Waals surface area contributed by atoms with Crippen LogP contribution in [0.15, 0.2) is 91.0 Å². The number of benzene rings is 4. The van der Waals surface area contributed by atoms with Gasteiger partial charge < -0.3 is 4.90 Å². The summed E-state index contributed by atoms with van der Waals surface area (Å²) in [5, 5.41) is 1.00. The maximum Gasteiger partial charge on any atom is 0.237 e. The minimum atomic E-state index is -0.290. The Hall–Kier alpha value is -3.18. The Morgan fingerprint density at radius 2 is 1.46 bits per heavy atom. The van der Waals surface area contributed by atoms with Crippen LogP contribution in [0.4, 0.5) is 4.39 Å². The predicted octanol–water partition coefficient (Wildman–Crippen LogP) is 7.28. The molecule has 6 heteroatoms. The average molecular weight is 560 g/mol. The largest absolute Gasteiger partial charge is 0.333 e. The van der Waals surface area contributed by atoms with Crippen LogP contribution in [-0.4, -0.2) is 34.8 Å². The second-order valence-electron chi connectivity index (χ2n) is 10.4. The van der Waals surface area contributed by atoms with Gasteiger partial charge in [-0.3, -0.25) is 9.69 Å². The summed E-state index contributed by atoms with van der Waals surface area (Å²) in [7, 11) is 0. The molecule has 1 unspecified atom stereocenters. The van der Waals surface area contributed by atoms with Crippen molar-refractivity contribution >= 4 is 29.1 Å². The normalized spacial score (nSPS) is 17.1. The fraction of sp³-hybridized carbons (Fsp3) is 0.242. The van der Waals surface area contributed by atoms with Crippen LogP contribution in [-0.2, 0) is 30.6 Å². The van der Waals surface area contributed by atoms with Crippen LogP contribution >= 0.6 is 23.2 Å². The second kappa shape index (κ2) is 11.1. The van der Waals surface area contributed by atoms with E-state index in [-0.39, 0.29) is 36.9 Å². The summed E-state index contributed by atoms with van der Waals surface area (Å²) in [6, 6.07) is 28.8. The van der Waals surface area contributed by atoms with E-state index in [0.717, 1.165) is 30.4 Å². The first kappa shape index (κ1) is 26.1. The van der Waals surface area contributed by atoms with Gasteiger partial charge in [-0.05, 0) is 59.2 Å². The summed E-state index contributed by atoms with van der Waals surface area (Å²) in [5.74, 6) is -0.306. The van der Waals surface area contributed by atoms with Gasteiger partial charge in [0.15, 0.2) is 0 Å². The van der Waals surface area contributed by atoms with Crippen molar-refractivity contribution in [3.8, 4) is 0 Å². The van der Waals surface area contributed by atoms with Gasteiger partial charge in [-0.25, -0.2) is 4.39 Å². The van der Waals surface area contributed by atoms with Gasteiger partial charge in [0.1, 0.15) is 5.82 Å². The molecule has 3 nitrogen and oxygen atoms in total. The van der Waals surface area contributed by atoms with Gasteiger partial charge in [-0.1, -0.05) is 102 Å². The fourth-order valence-electron chi connectivity index (χ4n) is 6.14. The van der Waals surface area contributed by atoms with Gasteiger partial charge >= 0.3 is 0 Å². The van der Waals surface area contributed by atoms with Crippen molar-refractivity contribution in [1.82, 2.24) is 9.80 Å². The maximum atomic E-state index is 14.8. The quantitative estimate of drug-likeness (QED) is 0.248. The molecule has 6 rings (SSSR count). The molecular formula is C33H29Cl2FN2O. The minimum absolute atomic E-state index is 0.0152. The molecule has 0 saturated heterocycles. The number of fused-ring (bicyclic) bond motifs is 2. The van der Waals surface area contributed by atoms with E-state index in [1.54, 1.807) is 18.2 Å². The lowest BCUT2D eigenvalue weighted by Crippen LogP contribution is -2.48. The molecule has 2 aliphatic rings. The third-order valence-corrected chi connectivity index (χ3v) is 8.92. The van der Waals surface area contributed by atoms with Gasteiger partial charge in [-0.15, -0.1) is 0 Å². The monoisotopic (exact) mass is 558 g/mol. The highest BCUT2D eigenvalue weighted by molar-refractivity contribution is 6.42. The van der Waals surface area contributed by atoms with Crippen LogP contribution < -0.4 is 0 Å². The van der Waals surface area contributed by atoms with Crippen LogP contribution in [0.25, 0.3) is 0 Å². The molecule has 0 bridgehead atoms. The molecular weight excluding hydrogens is 530 g/mol. The van der Waals surface area contributed by atoms with Crippen LogP contribution in [0, 0.1) is 5.82 Å². The number of carbonyl (C=O) groups is 1. The molecule has 0 N–H and O–H groups in total. The summed E-state index contributed by atoms with van der Waals surface area (Å²) in [4.78, 5) is 18.3. The number of halogens is 3. The lowest BCUT2D eigenvalue weighted by molar-refractivity contribution is -0.136. The molecule has 0 spiro atoms. The van der Waals surface area contributed by atoms with Gasteiger partial charge in [-0.2, -0.15) is 0 Å². The Bertz CT molecular complexity index is 1500. The standard InChI is InChI=1S/C33H29Cl2FN2O/c34-29-14-7-13-28(32(29)35)33-27-12-5-3-8-22(27)16-17-37(33)21-31(39)38(20-25-11-4-6-15-30(25)36)26-18-23-9-1-2-10-24(23)19-26/h1-15,26,33H,16-21H2. The number of hydrogen-bond donors (Lipinski definition) is 0. The van der Waals surface area contributed by atoms with Crippen LogP contribution in [0.5, 0.6) is 0 Å². The number of hydrogen-bond acceptors (Lipinski definition) is 2. The highest BCUT2D eigenvalue weighted by Gasteiger charge is 2.35. The average Bonchev–Trinajstić information content (AvgIpc) is 3.38. The van der Waals surface area contributed by atoms with Crippen molar-refractivity contribution in [2.24, 2.45) is 0 Å². The van der Waals surface area contributed by atoms with Crippen molar-refractivity contribution in [3.05, 3.63) is 140 Å². The molecule has 0 fully saturated rings. The Morgan fingerprint density at radius 3 is 2.21 bits per heavy atom. The van der Waals surface area contributed by atoms with Crippen molar-refractivity contribution in [1.29, 1.82) is 0 Å². The summed E-state index contributed by atoms with van der Waals surface area (Å²) < 4.78 is 14.8. The third-order valence-electron chi connectivity index (χ3n) is 8.09. The van der Waals surface area contributed by atoms with Gasteiger partial charge in [0.05, 0.1) is 22.6 Å². The predicted molar refractivity (Wildman–Crippen MR) is 155 cm³/mol. The van der Waals surface area contributed by atoms with Gasteiger partial charge in [0.25, 0.3) is 0 Å². The first-order valence-corrected chi connectivity index (χ1v) is 14.1. The van der Waals surface area contributed by atoms with E-state index in [9.17, 15) is 9.18 Å². The van der Waals surface area contributed by atoms with Crippen LogP contribution in [0.3, 0.4) is 0 Å². The smallest absolute Gasteiger partial charge is 0.237 e. The zero-order chi connectivity index (χ0) is 26.9. The van der Waals surface area contributed by atoms with E-state index in [1.165, 1.54) is 22.8 Å². The van der Waals surface area contributed by atoms with E-state index in [4.69, 9.17) is 23.2 Å². The summed E-state index contributed by atoms with van der Waals surface area (Å²) in [6.45, 7) is 1.13. The van der Waals surface area contributed by atoms with Crippen LogP contribution in [0.1, 0.15) is 39.4 Å². The van der Waals surface area contributed by atoms with E-state index in [2.05, 4.69) is 29.2 Å². The zero-order valence-corrected chi connectivity index (χ0v) is 23.0. The fourth-order valence-corrected chi connectivity index (χ4v) is 6.55. The Labute approximate surface area is 238 Å². The van der Waals surface area contributed by atoms with Crippen molar-refractivity contribution < 1.29 is 9.18 Å². The summed E-state index contributed by atoms with van der Waals surface area (Å²) >= 11 is 13.2. The number of nitrogens with zero attached hydrogens (tertiary/aromatic N) is 2. The molecule has 0 aromatic heterocycles. The first-order valence-electron chi connectivity index (χ1n) is 13.3. The Morgan fingerprint density at radius 1 is 0.821 bits per heavy atom. The Balaban J connectivity index is 1.34. The van der Waals surface area contributed by atoms with Crippen molar-refractivity contribution in [2.75, 3.05) is 13.1 Å². The third kappa shape index (κ3) is 5.21. The van der Waals surface area contributed by atoms with Gasteiger partial charge in [0, 0.05) is 24.7 Å². The van der Waals surface area contributed by atoms with Crippen molar-refractivity contribution in [2.45, 2.75) is 37.9 Å². The second-order valence-corrected chi connectivity index (χ2v) is 11.2. The summed E-state index contributed by atoms with van der Waals surface area (Å²) in [6.07, 6.45) is 2.37. The van der Waals surface area contributed by atoms with E-state index in [0.29, 0.717) is 22.2 Å². The molecule has 198 valence electrons. The lowest BCUT2D eigenvalue weighted by Gasteiger charge is -2.39. The molecule has 1 atom stereocenters. The van der Waals surface area contributed by atoms with E-state index in [1.807, 2.05) is 47.4 Å². The number of rotatable bonds is 6. The number of carbonyl (C=O) groups excluding carboxylic acids is 1. The highest BCUT2D eigenvalue weighted by atomic mass is 35.5. The molecule has 4 aromatic carbocycles. The van der Waals surface area contributed by atoms with E-state index >= 15 is 0 Å². The molecule has 1 amide bonds. The molecule has 1 heterocycles. The lowest BCUT2D eigenvalue weighted by atomic mass is 9.88. The number of amides is 1. The van der Waals surface area contributed by atoms with Gasteiger partial charge in [0.2, 0.25) is 5.91 Å². The molecule has 4 aromatic rings. The molecule has 0 saturated carbocycles. The molecule has 1 aliphatic carbocycles. The molecule has 0 radical (unpaired) electrons. The summed E-state index contributed by atoms with van der Waals surface area (Å²) in [5.41, 5.74) is 6.30. The SMILES string of the molecule is O=C(CN1CCc2ccccc2C1c1cccc(Cl)c1Cl)N(Cc1ccccc1F)C1Cc2ccccc2C1. The maximum absolute atomic E-state index is 14.8. The highest BCUT2D eigenvalue weighted by Crippen LogP contribution is 2.40. The molecule has 39 heavy (non-hydrogen) atoms. The molecule has 1 aliphatic heterocycles. The first-order chi connectivity index (χ1) is 19.0. The minimum Gasteiger partial charge on any atom is -0.333 e. The topological polar surface area (TPSA) is 23.6 Å². The zero-order valence-electron chi connectivity index (χ0n) is 21.5.